The van der Waals surface area contributed by atoms with Gasteiger partial charge in [-0.05, 0) is 25.5 Å². The fourth-order valence-electron chi connectivity index (χ4n) is 2.78. The number of carbonyl (C=O) groups excluding carboxylic acids is 2. The van der Waals surface area contributed by atoms with Crippen molar-refractivity contribution in [2.24, 2.45) is 0 Å². The van der Waals surface area contributed by atoms with Crippen molar-refractivity contribution >= 4 is 23.6 Å². The van der Waals surface area contributed by atoms with Crippen molar-refractivity contribution in [2.45, 2.75) is 26.4 Å². The van der Waals surface area contributed by atoms with Gasteiger partial charge >= 0.3 is 0 Å². The van der Waals surface area contributed by atoms with E-state index in [1.807, 2.05) is 36.9 Å². The number of hydrogen-bond donors (Lipinski definition) is 0. The molecule has 1 saturated heterocycles. The Morgan fingerprint density at radius 1 is 1.48 bits per heavy atom. The van der Waals surface area contributed by atoms with Gasteiger partial charge in [0.25, 0.3) is 0 Å². The normalized spacial score (nSPS) is 17.7. The molecule has 1 heterocycles. The van der Waals surface area contributed by atoms with Gasteiger partial charge in [0.15, 0.2) is 0 Å². The monoisotopic (exact) mass is 332 g/mol. The van der Waals surface area contributed by atoms with E-state index < -0.39 is 0 Å². The summed E-state index contributed by atoms with van der Waals surface area (Å²) >= 11 is 1.72. The standard InChI is InChI=1S/C18H24N2O2S/c1-4-17(21)20-9-10-23-13-16(20)18(22)19(5-2)12-15-8-6-7-14(3)11-15/h4,6-8,11,16H,1,5,9-10,12-13H2,2-3H3. The number of carbonyl (C=O) groups is 2. The summed E-state index contributed by atoms with van der Waals surface area (Å²) in [5, 5.41) is 0. The van der Waals surface area contributed by atoms with Crippen LogP contribution in [0.4, 0.5) is 0 Å². The number of benzene rings is 1. The molecule has 0 saturated carbocycles. The van der Waals surface area contributed by atoms with Crippen molar-refractivity contribution in [3.8, 4) is 0 Å². The minimum absolute atomic E-state index is 0.0245. The smallest absolute Gasteiger partial charge is 0.246 e. The molecule has 1 aliphatic heterocycles. The lowest BCUT2D eigenvalue weighted by molar-refractivity contribution is -0.142. The molecule has 1 fully saturated rings. The topological polar surface area (TPSA) is 40.6 Å². The highest BCUT2D eigenvalue weighted by Gasteiger charge is 2.33. The van der Waals surface area contributed by atoms with Crippen LogP contribution in [0, 0.1) is 6.92 Å². The van der Waals surface area contributed by atoms with Gasteiger partial charge in [-0.25, -0.2) is 0 Å². The molecule has 0 bridgehead atoms. The van der Waals surface area contributed by atoms with Crippen LogP contribution < -0.4 is 0 Å². The van der Waals surface area contributed by atoms with Gasteiger partial charge in [0.2, 0.25) is 11.8 Å². The van der Waals surface area contributed by atoms with Crippen LogP contribution in [0.5, 0.6) is 0 Å². The zero-order chi connectivity index (χ0) is 16.8. The van der Waals surface area contributed by atoms with E-state index in [0.29, 0.717) is 25.4 Å². The highest BCUT2D eigenvalue weighted by atomic mass is 32.2. The third-order valence-corrected chi connectivity index (χ3v) is 5.04. The van der Waals surface area contributed by atoms with Gasteiger partial charge < -0.3 is 9.80 Å². The molecule has 2 amide bonds. The SMILES string of the molecule is C=CC(=O)N1CCSCC1C(=O)N(CC)Cc1cccc(C)c1. The highest BCUT2D eigenvalue weighted by Crippen LogP contribution is 2.20. The molecule has 2 rings (SSSR count). The van der Waals surface area contributed by atoms with Crippen molar-refractivity contribution in [2.75, 3.05) is 24.6 Å². The molecule has 0 aromatic heterocycles. The molecule has 1 aromatic rings. The van der Waals surface area contributed by atoms with E-state index in [1.54, 1.807) is 16.7 Å². The Bertz CT molecular complexity index is 588. The minimum Gasteiger partial charge on any atom is -0.337 e. The molecule has 0 N–H and O–H groups in total. The van der Waals surface area contributed by atoms with Gasteiger partial charge in [-0.3, -0.25) is 9.59 Å². The Labute approximate surface area is 142 Å². The van der Waals surface area contributed by atoms with Gasteiger partial charge in [0.05, 0.1) is 0 Å². The first kappa shape index (κ1) is 17.6. The number of thioether (sulfide) groups is 1. The Morgan fingerprint density at radius 3 is 2.91 bits per heavy atom. The molecule has 0 radical (unpaired) electrons. The van der Waals surface area contributed by atoms with Crippen LogP contribution >= 0.6 is 11.8 Å². The molecule has 1 atom stereocenters. The lowest BCUT2D eigenvalue weighted by atomic mass is 10.1. The van der Waals surface area contributed by atoms with Gasteiger partial charge in [-0.15, -0.1) is 0 Å². The Balaban J connectivity index is 2.14. The summed E-state index contributed by atoms with van der Waals surface area (Å²) in [4.78, 5) is 28.4. The predicted octanol–water partition coefficient (Wildman–Crippen LogP) is 2.47. The Morgan fingerprint density at radius 2 is 2.26 bits per heavy atom. The zero-order valence-corrected chi connectivity index (χ0v) is 14.6. The highest BCUT2D eigenvalue weighted by molar-refractivity contribution is 7.99. The maximum atomic E-state index is 12.9. The van der Waals surface area contributed by atoms with Crippen molar-refractivity contribution in [1.29, 1.82) is 0 Å². The molecule has 1 unspecified atom stereocenters. The Kier molecular flexibility index (Phi) is 6.28. The first-order chi connectivity index (χ1) is 11.1. The van der Waals surface area contributed by atoms with E-state index in [0.717, 1.165) is 11.3 Å². The van der Waals surface area contributed by atoms with Crippen molar-refractivity contribution in [3.05, 3.63) is 48.0 Å². The lowest BCUT2D eigenvalue weighted by Gasteiger charge is -2.36. The lowest BCUT2D eigenvalue weighted by Crippen LogP contribution is -2.54. The molecule has 0 spiro atoms. The summed E-state index contributed by atoms with van der Waals surface area (Å²) in [6, 6.07) is 7.80. The second kappa shape index (κ2) is 8.20. The van der Waals surface area contributed by atoms with E-state index in [4.69, 9.17) is 0 Å². The molecular formula is C18H24N2O2S. The molecule has 1 aromatic carbocycles. The number of likely N-dealkylation sites (N-methyl/N-ethyl adjacent to an activating group) is 1. The maximum absolute atomic E-state index is 12.9. The molecular weight excluding hydrogens is 308 g/mol. The second-order valence-corrected chi connectivity index (χ2v) is 6.82. The largest absolute Gasteiger partial charge is 0.337 e. The minimum atomic E-state index is -0.385. The van der Waals surface area contributed by atoms with Gasteiger partial charge in [-0.1, -0.05) is 36.4 Å². The summed E-state index contributed by atoms with van der Waals surface area (Å²) in [5.74, 6) is 1.39. The number of nitrogens with zero attached hydrogens (tertiary/aromatic N) is 2. The number of hydrogen-bond acceptors (Lipinski definition) is 3. The van der Waals surface area contributed by atoms with Crippen LogP contribution in [0.3, 0.4) is 0 Å². The van der Waals surface area contributed by atoms with Crippen LogP contribution in [0.2, 0.25) is 0 Å². The number of amides is 2. The average molecular weight is 332 g/mol. The van der Waals surface area contributed by atoms with Crippen molar-refractivity contribution in [1.82, 2.24) is 9.80 Å². The van der Waals surface area contributed by atoms with E-state index >= 15 is 0 Å². The van der Waals surface area contributed by atoms with E-state index in [1.165, 1.54) is 11.6 Å². The van der Waals surface area contributed by atoms with Crippen LogP contribution in [0.1, 0.15) is 18.1 Å². The maximum Gasteiger partial charge on any atom is 0.246 e. The second-order valence-electron chi connectivity index (χ2n) is 5.67. The van der Waals surface area contributed by atoms with Crippen LogP contribution in [-0.4, -0.2) is 52.3 Å². The predicted molar refractivity (Wildman–Crippen MR) is 95.3 cm³/mol. The van der Waals surface area contributed by atoms with E-state index in [9.17, 15) is 9.59 Å². The van der Waals surface area contributed by atoms with Gasteiger partial charge in [0, 0.05) is 31.1 Å². The summed E-state index contributed by atoms with van der Waals surface area (Å²) in [7, 11) is 0. The summed E-state index contributed by atoms with van der Waals surface area (Å²) in [5.41, 5.74) is 2.30. The van der Waals surface area contributed by atoms with Gasteiger partial charge in [-0.2, -0.15) is 11.8 Å². The average Bonchev–Trinajstić information content (AvgIpc) is 2.58. The van der Waals surface area contributed by atoms with Crippen LogP contribution in [-0.2, 0) is 16.1 Å². The quantitative estimate of drug-likeness (QED) is 0.778. The summed E-state index contributed by atoms with van der Waals surface area (Å²) in [6.45, 7) is 9.38. The van der Waals surface area contributed by atoms with Crippen molar-refractivity contribution in [3.63, 3.8) is 0 Å². The molecule has 4 nitrogen and oxygen atoms in total. The zero-order valence-electron chi connectivity index (χ0n) is 13.8. The van der Waals surface area contributed by atoms with Crippen LogP contribution in [0.25, 0.3) is 0 Å². The first-order valence-corrected chi connectivity index (χ1v) is 9.07. The third-order valence-electron chi connectivity index (χ3n) is 4.02. The first-order valence-electron chi connectivity index (χ1n) is 7.92. The number of aryl methyl sites for hydroxylation is 1. The van der Waals surface area contributed by atoms with Crippen molar-refractivity contribution < 1.29 is 9.59 Å². The van der Waals surface area contributed by atoms with E-state index in [-0.39, 0.29) is 17.9 Å². The fourth-order valence-corrected chi connectivity index (χ4v) is 3.81. The van der Waals surface area contributed by atoms with E-state index in [2.05, 4.69) is 12.6 Å². The molecule has 5 heteroatoms. The van der Waals surface area contributed by atoms with Gasteiger partial charge in [0.1, 0.15) is 6.04 Å². The molecule has 0 aliphatic carbocycles. The summed E-state index contributed by atoms with van der Waals surface area (Å²) < 4.78 is 0. The van der Waals surface area contributed by atoms with Crippen LogP contribution in [0.15, 0.2) is 36.9 Å². The molecule has 124 valence electrons. The fraction of sp³-hybridized carbons (Fsp3) is 0.444. The molecule has 1 aliphatic rings. The third kappa shape index (κ3) is 4.38. The summed E-state index contributed by atoms with van der Waals surface area (Å²) in [6.07, 6.45) is 1.30. The molecule has 23 heavy (non-hydrogen) atoms. The Hall–Kier alpha value is -1.75. The number of rotatable bonds is 5.